The van der Waals surface area contributed by atoms with E-state index in [0.29, 0.717) is 12.2 Å². The molecule has 1 aromatic carbocycles. The van der Waals surface area contributed by atoms with Gasteiger partial charge < -0.3 is 9.47 Å². The molecule has 82 valence electrons. The third kappa shape index (κ3) is 2.49. The second-order valence-electron chi connectivity index (χ2n) is 3.36. The molecule has 15 heavy (non-hydrogen) atoms. The van der Waals surface area contributed by atoms with E-state index in [1.54, 1.807) is 6.07 Å². The fraction of sp³-hybridized carbons (Fsp3) is 0.417. The minimum atomic E-state index is -0.307. The van der Waals surface area contributed by atoms with Crippen LogP contribution in [-0.2, 0) is 4.74 Å². The van der Waals surface area contributed by atoms with Crippen LogP contribution >= 0.6 is 0 Å². The zero-order chi connectivity index (χ0) is 11.4. The smallest absolute Gasteiger partial charge is 0.338 e. The number of hydrogen-bond donors (Lipinski definition) is 0. The van der Waals surface area contributed by atoms with Crippen LogP contribution in [0, 0.1) is 13.8 Å². The Morgan fingerprint density at radius 2 is 1.93 bits per heavy atom. The Morgan fingerprint density at radius 1 is 1.27 bits per heavy atom. The van der Waals surface area contributed by atoms with Crippen LogP contribution in [0.4, 0.5) is 0 Å². The van der Waals surface area contributed by atoms with Crippen LogP contribution in [0.2, 0.25) is 0 Å². The number of ether oxygens (including phenoxy) is 2. The van der Waals surface area contributed by atoms with Gasteiger partial charge in [0.05, 0.1) is 19.3 Å². The van der Waals surface area contributed by atoms with Crippen LogP contribution in [0.3, 0.4) is 0 Å². The predicted octanol–water partition coefficient (Wildman–Crippen LogP) is 2.49. The van der Waals surface area contributed by atoms with Crippen molar-refractivity contribution in [3.8, 4) is 5.75 Å². The van der Waals surface area contributed by atoms with Crippen LogP contribution in [0.15, 0.2) is 12.1 Å². The molecule has 0 aliphatic carbocycles. The molecule has 0 N–H and O–H groups in total. The molecule has 3 nitrogen and oxygen atoms in total. The van der Waals surface area contributed by atoms with Crippen molar-refractivity contribution in [2.75, 3.05) is 13.7 Å². The predicted molar refractivity (Wildman–Crippen MR) is 58.4 cm³/mol. The molecular formula is C12H16O3. The standard InChI is InChI=1S/C12H16O3/c1-5-15-11-7-8(2)10(6-9(11)3)12(13)14-4/h6-7H,5H2,1-4H3. The molecule has 1 rings (SSSR count). The normalized spacial score (nSPS) is 9.87. The lowest BCUT2D eigenvalue weighted by Crippen LogP contribution is -2.05. The van der Waals surface area contributed by atoms with Crippen molar-refractivity contribution in [1.29, 1.82) is 0 Å². The van der Waals surface area contributed by atoms with Crippen LogP contribution in [0.1, 0.15) is 28.4 Å². The second kappa shape index (κ2) is 4.82. The molecule has 1 aromatic rings. The van der Waals surface area contributed by atoms with E-state index in [1.807, 2.05) is 26.8 Å². The van der Waals surface area contributed by atoms with Crippen LogP contribution in [-0.4, -0.2) is 19.7 Å². The zero-order valence-electron chi connectivity index (χ0n) is 9.59. The number of hydrogen-bond acceptors (Lipinski definition) is 3. The SMILES string of the molecule is CCOc1cc(C)c(C(=O)OC)cc1C. The van der Waals surface area contributed by atoms with Gasteiger partial charge in [-0.3, -0.25) is 0 Å². The van der Waals surface area contributed by atoms with Crippen molar-refractivity contribution in [1.82, 2.24) is 0 Å². The highest BCUT2D eigenvalue weighted by atomic mass is 16.5. The molecule has 0 radical (unpaired) electrons. The minimum absolute atomic E-state index is 0.307. The highest BCUT2D eigenvalue weighted by Gasteiger charge is 2.12. The van der Waals surface area contributed by atoms with E-state index in [-0.39, 0.29) is 5.97 Å². The summed E-state index contributed by atoms with van der Waals surface area (Å²) in [6.45, 7) is 6.34. The Morgan fingerprint density at radius 3 is 2.47 bits per heavy atom. The van der Waals surface area contributed by atoms with Crippen molar-refractivity contribution >= 4 is 5.97 Å². The largest absolute Gasteiger partial charge is 0.494 e. The van der Waals surface area contributed by atoms with E-state index in [2.05, 4.69) is 0 Å². The van der Waals surface area contributed by atoms with Gasteiger partial charge in [-0.05, 0) is 44.0 Å². The summed E-state index contributed by atoms with van der Waals surface area (Å²) >= 11 is 0. The number of esters is 1. The Balaban J connectivity index is 3.13. The molecule has 0 heterocycles. The lowest BCUT2D eigenvalue weighted by molar-refractivity contribution is 0.0600. The Hall–Kier alpha value is -1.51. The topological polar surface area (TPSA) is 35.5 Å². The number of benzene rings is 1. The quantitative estimate of drug-likeness (QED) is 0.716. The van der Waals surface area contributed by atoms with Gasteiger partial charge in [0.15, 0.2) is 0 Å². The van der Waals surface area contributed by atoms with Gasteiger partial charge in [0.1, 0.15) is 5.75 Å². The van der Waals surface area contributed by atoms with Gasteiger partial charge in [-0.25, -0.2) is 4.79 Å². The average molecular weight is 208 g/mol. The summed E-state index contributed by atoms with van der Waals surface area (Å²) in [7, 11) is 1.38. The van der Waals surface area contributed by atoms with E-state index in [4.69, 9.17) is 9.47 Å². The third-order valence-corrected chi connectivity index (χ3v) is 2.23. The molecule has 0 aliphatic heterocycles. The molecule has 0 fully saturated rings. The van der Waals surface area contributed by atoms with Crippen molar-refractivity contribution in [3.05, 3.63) is 28.8 Å². The molecule has 0 bridgehead atoms. The average Bonchev–Trinajstić information content (AvgIpc) is 2.22. The Bertz CT molecular complexity index is 369. The van der Waals surface area contributed by atoms with Crippen LogP contribution < -0.4 is 4.74 Å². The van der Waals surface area contributed by atoms with E-state index in [0.717, 1.165) is 16.9 Å². The molecule has 3 heteroatoms. The van der Waals surface area contributed by atoms with E-state index in [1.165, 1.54) is 7.11 Å². The van der Waals surface area contributed by atoms with Gasteiger partial charge >= 0.3 is 5.97 Å². The Labute approximate surface area is 90.0 Å². The first-order valence-electron chi connectivity index (χ1n) is 4.92. The summed E-state index contributed by atoms with van der Waals surface area (Å²) in [6.07, 6.45) is 0. The lowest BCUT2D eigenvalue weighted by atomic mass is 10.0. The number of aryl methyl sites for hydroxylation is 2. The minimum Gasteiger partial charge on any atom is -0.494 e. The number of carbonyl (C=O) groups excluding carboxylic acids is 1. The number of carbonyl (C=O) groups is 1. The van der Waals surface area contributed by atoms with Gasteiger partial charge in [0.2, 0.25) is 0 Å². The summed E-state index contributed by atoms with van der Waals surface area (Å²) < 4.78 is 10.1. The van der Waals surface area contributed by atoms with Crippen LogP contribution in [0.5, 0.6) is 5.75 Å². The first-order chi connectivity index (χ1) is 7.10. The zero-order valence-corrected chi connectivity index (χ0v) is 9.59. The van der Waals surface area contributed by atoms with Gasteiger partial charge in [-0.2, -0.15) is 0 Å². The molecule has 0 aromatic heterocycles. The van der Waals surface area contributed by atoms with Gasteiger partial charge in [0.25, 0.3) is 0 Å². The summed E-state index contributed by atoms with van der Waals surface area (Å²) in [6, 6.07) is 3.66. The fourth-order valence-electron chi connectivity index (χ4n) is 1.43. The summed E-state index contributed by atoms with van der Waals surface area (Å²) in [5, 5.41) is 0. The van der Waals surface area contributed by atoms with E-state index in [9.17, 15) is 4.79 Å². The van der Waals surface area contributed by atoms with Crippen molar-refractivity contribution in [2.45, 2.75) is 20.8 Å². The summed E-state index contributed by atoms with van der Waals surface area (Å²) in [5.74, 6) is 0.515. The maximum Gasteiger partial charge on any atom is 0.338 e. The van der Waals surface area contributed by atoms with Crippen LogP contribution in [0.25, 0.3) is 0 Å². The first-order valence-corrected chi connectivity index (χ1v) is 4.92. The maximum absolute atomic E-state index is 11.4. The molecular weight excluding hydrogens is 192 g/mol. The lowest BCUT2D eigenvalue weighted by Gasteiger charge is -2.11. The van der Waals surface area contributed by atoms with Crippen molar-refractivity contribution < 1.29 is 14.3 Å². The third-order valence-electron chi connectivity index (χ3n) is 2.23. The van der Waals surface area contributed by atoms with Gasteiger partial charge in [-0.1, -0.05) is 0 Å². The Kier molecular flexibility index (Phi) is 3.72. The summed E-state index contributed by atoms with van der Waals surface area (Å²) in [4.78, 5) is 11.4. The highest BCUT2D eigenvalue weighted by molar-refractivity contribution is 5.91. The molecule has 0 saturated heterocycles. The van der Waals surface area contributed by atoms with E-state index < -0.39 is 0 Å². The maximum atomic E-state index is 11.4. The second-order valence-corrected chi connectivity index (χ2v) is 3.36. The van der Waals surface area contributed by atoms with Crippen molar-refractivity contribution in [3.63, 3.8) is 0 Å². The molecule has 0 atom stereocenters. The van der Waals surface area contributed by atoms with E-state index >= 15 is 0 Å². The molecule has 0 saturated carbocycles. The monoisotopic (exact) mass is 208 g/mol. The molecule has 0 unspecified atom stereocenters. The van der Waals surface area contributed by atoms with Gasteiger partial charge in [-0.15, -0.1) is 0 Å². The molecule has 0 aliphatic rings. The number of rotatable bonds is 3. The van der Waals surface area contributed by atoms with Gasteiger partial charge in [0, 0.05) is 0 Å². The highest BCUT2D eigenvalue weighted by Crippen LogP contribution is 2.23. The number of methoxy groups -OCH3 is 1. The first kappa shape index (κ1) is 11.6. The molecule has 0 amide bonds. The van der Waals surface area contributed by atoms with Crippen molar-refractivity contribution in [2.24, 2.45) is 0 Å². The fourth-order valence-corrected chi connectivity index (χ4v) is 1.43. The summed E-state index contributed by atoms with van der Waals surface area (Å²) in [5.41, 5.74) is 2.41. The molecule has 0 spiro atoms.